The average molecular weight is 374 g/mol. The zero-order valence-electron chi connectivity index (χ0n) is 13.9. The Kier molecular flexibility index (Phi) is 5.62. The third kappa shape index (κ3) is 4.08. The number of nitrogens with one attached hydrogen (secondary N) is 1. The lowest BCUT2D eigenvalue weighted by Crippen LogP contribution is -2.14. The van der Waals surface area contributed by atoms with Crippen LogP contribution in [0.2, 0.25) is 0 Å². The van der Waals surface area contributed by atoms with Gasteiger partial charge in [0.25, 0.3) is 0 Å². The van der Waals surface area contributed by atoms with Crippen LogP contribution in [0.3, 0.4) is 0 Å². The minimum absolute atomic E-state index is 0.0615. The van der Waals surface area contributed by atoms with Gasteiger partial charge in [-0.25, -0.2) is 8.78 Å². The number of carbonyl (C=O) groups excluding carboxylic acids is 1. The van der Waals surface area contributed by atoms with E-state index in [1.165, 1.54) is 17.8 Å². The number of anilines is 1. The second kappa shape index (κ2) is 8.09. The molecule has 134 valence electrons. The molecule has 0 radical (unpaired) electrons. The summed E-state index contributed by atoms with van der Waals surface area (Å²) in [6, 6.07) is 11.1. The molecule has 1 amide bonds. The van der Waals surface area contributed by atoms with Crippen molar-refractivity contribution >= 4 is 23.4 Å². The first-order valence-electron chi connectivity index (χ1n) is 7.94. The number of carbonyl (C=O) groups is 1. The van der Waals surface area contributed by atoms with Crippen molar-refractivity contribution in [3.63, 3.8) is 0 Å². The summed E-state index contributed by atoms with van der Waals surface area (Å²) in [6.45, 7) is 2.06. The quantitative estimate of drug-likeness (QED) is 0.666. The molecule has 0 aliphatic rings. The van der Waals surface area contributed by atoms with E-state index in [4.69, 9.17) is 0 Å². The maximum absolute atomic E-state index is 13.2. The van der Waals surface area contributed by atoms with Gasteiger partial charge in [0.05, 0.1) is 11.4 Å². The summed E-state index contributed by atoms with van der Waals surface area (Å²) in [5.41, 5.74) is 2.30. The van der Waals surface area contributed by atoms with Crippen molar-refractivity contribution in [2.45, 2.75) is 18.5 Å². The van der Waals surface area contributed by atoms with Gasteiger partial charge < -0.3 is 5.32 Å². The standard InChI is InChI=1S/C18H16F2N4OS/c1-2-12-5-3-4-6-16(12)24-11-21-23-18(24)26-10-17(25)22-13-7-8-14(19)15(20)9-13/h3-9,11H,2,10H2,1H3,(H,22,25). The molecule has 0 unspecified atom stereocenters. The normalized spacial score (nSPS) is 10.7. The van der Waals surface area contributed by atoms with Gasteiger partial charge in [-0.15, -0.1) is 10.2 Å². The molecule has 8 heteroatoms. The molecule has 1 heterocycles. The Bertz CT molecular complexity index is 929. The molecule has 2 aromatic carbocycles. The lowest BCUT2D eigenvalue weighted by molar-refractivity contribution is -0.113. The number of thioether (sulfide) groups is 1. The number of rotatable bonds is 6. The average Bonchev–Trinajstić information content (AvgIpc) is 3.11. The van der Waals surface area contributed by atoms with E-state index < -0.39 is 11.6 Å². The zero-order valence-corrected chi connectivity index (χ0v) is 14.8. The summed E-state index contributed by atoms with van der Waals surface area (Å²) in [4.78, 5) is 12.1. The van der Waals surface area contributed by atoms with Crippen LogP contribution in [-0.4, -0.2) is 26.4 Å². The lowest BCUT2D eigenvalue weighted by atomic mass is 10.1. The van der Waals surface area contributed by atoms with E-state index >= 15 is 0 Å². The van der Waals surface area contributed by atoms with Gasteiger partial charge in [0, 0.05) is 11.8 Å². The van der Waals surface area contributed by atoms with Gasteiger partial charge in [0.1, 0.15) is 6.33 Å². The van der Waals surface area contributed by atoms with Crippen molar-refractivity contribution in [2.24, 2.45) is 0 Å². The predicted molar refractivity (Wildman–Crippen MR) is 96.4 cm³/mol. The minimum atomic E-state index is -1.01. The largest absolute Gasteiger partial charge is 0.325 e. The van der Waals surface area contributed by atoms with Crippen molar-refractivity contribution in [3.05, 3.63) is 66.0 Å². The summed E-state index contributed by atoms with van der Waals surface area (Å²) < 4.78 is 28.0. The lowest BCUT2D eigenvalue weighted by Gasteiger charge is -2.10. The van der Waals surface area contributed by atoms with Gasteiger partial charge in [-0.1, -0.05) is 36.9 Å². The van der Waals surface area contributed by atoms with Crippen LogP contribution >= 0.6 is 11.8 Å². The molecule has 0 aliphatic carbocycles. The number of aromatic nitrogens is 3. The number of amides is 1. The topological polar surface area (TPSA) is 59.8 Å². The fourth-order valence-corrected chi connectivity index (χ4v) is 3.16. The summed E-state index contributed by atoms with van der Waals surface area (Å²) in [7, 11) is 0. The smallest absolute Gasteiger partial charge is 0.234 e. The fourth-order valence-electron chi connectivity index (χ4n) is 2.43. The third-order valence-corrected chi connectivity index (χ3v) is 4.63. The van der Waals surface area contributed by atoms with E-state index in [0.717, 1.165) is 29.8 Å². The first kappa shape index (κ1) is 18.1. The first-order valence-corrected chi connectivity index (χ1v) is 8.93. The number of hydrogen-bond donors (Lipinski definition) is 1. The van der Waals surface area contributed by atoms with Crippen LogP contribution in [0.5, 0.6) is 0 Å². The molecule has 0 fully saturated rings. The van der Waals surface area contributed by atoms with Gasteiger partial charge in [0.2, 0.25) is 5.91 Å². The maximum atomic E-state index is 13.2. The van der Waals surface area contributed by atoms with Crippen LogP contribution in [-0.2, 0) is 11.2 Å². The van der Waals surface area contributed by atoms with Gasteiger partial charge >= 0.3 is 0 Å². The van der Waals surface area contributed by atoms with E-state index in [2.05, 4.69) is 22.4 Å². The van der Waals surface area contributed by atoms with Crippen molar-refractivity contribution in [3.8, 4) is 5.69 Å². The molecule has 1 N–H and O–H groups in total. The SMILES string of the molecule is CCc1ccccc1-n1cnnc1SCC(=O)Nc1ccc(F)c(F)c1. The van der Waals surface area contributed by atoms with Crippen LogP contribution in [0.25, 0.3) is 5.69 Å². The van der Waals surface area contributed by atoms with E-state index in [1.54, 1.807) is 6.33 Å². The molecule has 0 saturated heterocycles. The number of nitrogens with zero attached hydrogens (tertiary/aromatic N) is 3. The number of para-hydroxylation sites is 1. The Morgan fingerprint density at radius 3 is 2.77 bits per heavy atom. The van der Waals surface area contributed by atoms with Crippen LogP contribution in [0.4, 0.5) is 14.5 Å². The Morgan fingerprint density at radius 2 is 2.00 bits per heavy atom. The van der Waals surface area contributed by atoms with Crippen molar-refractivity contribution in [1.29, 1.82) is 0 Å². The highest BCUT2D eigenvalue weighted by molar-refractivity contribution is 7.99. The van der Waals surface area contributed by atoms with E-state index in [0.29, 0.717) is 5.16 Å². The summed E-state index contributed by atoms with van der Waals surface area (Å²) in [6.07, 6.45) is 2.46. The molecular weight excluding hydrogens is 358 g/mol. The summed E-state index contributed by atoms with van der Waals surface area (Å²) >= 11 is 1.21. The van der Waals surface area contributed by atoms with Gasteiger partial charge in [-0.05, 0) is 30.2 Å². The molecule has 26 heavy (non-hydrogen) atoms. The van der Waals surface area contributed by atoms with Crippen LogP contribution in [0, 0.1) is 11.6 Å². The van der Waals surface area contributed by atoms with E-state index in [-0.39, 0.29) is 17.3 Å². The Hall–Kier alpha value is -2.74. The molecule has 0 saturated carbocycles. The van der Waals surface area contributed by atoms with Crippen LogP contribution in [0.15, 0.2) is 53.9 Å². The molecule has 0 atom stereocenters. The number of hydrogen-bond acceptors (Lipinski definition) is 4. The third-order valence-electron chi connectivity index (χ3n) is 3.68. The van der Waals surface area contributed by atoms with Gasteiger partial charge in [0.15, 0.2) is 16.8 Å². The molecule has 3 rings (SSSR count). The first-order chi connectivity index (χ1) is 12.6. The summed E-state index contributed by atoms with van der Waals surface area (Å²) in [5.74, 6) is -2.25. The number of benzene rings is 2. The van der Waals surface area contributed by atoms with Crippen molar-refractivity contribution in [2.75, 3.05) is 11.1 Å². The van der Waals surface area contributed by atoms with Crippen LogP contribution in [0.1, 0.15) is 12.5 Å². The Balaban J connectivity index is 1.68. The molecule has 1 aromatic heterocycles. The summed E-state index contributed by atoms with van der Waals surface area (Å²) in [5, 5.41) is 11.1. The second-order valence-corrected chi connectivity index (χ2v) is 6.37. The molecule has 3 aromatic rings. The molecule has 0 bridgehead atoms. The van der Waals surface area contributed by atoms with Crippen molar-refractivity contribution < 1.29 is 13.6 Å². The second-order valence-electron chi connectivity index (χ2n) is 5.43. The van der Waals surface area contributed by atoms with Gasteiger partial charge in [-0.2, -0.15) is 0 Å². The minimum Gasteiger partial charge on any atom is -0.325 e. The maximum Gasteiger partial charge on any atom is 0.234 e. The Morgan fingerprint density at radius 1 is 1.19 bits per heavy atom. The predicted octanol–water partition coefficient (Wildman–Crippen LogP) is 3.84. The highest BCUT2D eigenvalue weighted by Gasteiger charge is 2.13. The number of halogens is 2. The molecule has 0 aliphatic heterocycles. The molecule has 0 spiro atoms. The van der Waals surface area contributed by atoms with Crippen LogP contribution < -0.4 is 5.32 Å². The molecular formula is C18H16F2N4OS. The van der Waals surface area contributed by atoms with E-state index in [9.17, 15) is 13.6 Å². The molecule has 5 nitrogen and oxygen atoms in total. The zero-order chi connectivity index (χ0) is 18.5. The van der Waals surface area contributed by atoms with E-state index in [1.807, 2.05) is 28.8 Å². The number of aryl methyl sites for hydroxylation is 1. The fraction of sp³-hybridized carbons (Fsp3) is 0.167. The Labute approximate surface area is 153 Å². The highest BCUT2D eigenvalue weighted by atomic mass is 32.2. The monoisotopic (exact) mass is 374 g/mol. The van der Waals surface area contributed by atoms with Gasteiger partial charge in [-0.3, -0.25) is 9.36 Å². The highest BCUT2D eigenvalue weighted by Crippen LogP contribution is 2.23. The van der Waals surface area contributed by atoms with Crippen molar-refractivity contribution in [1.82, 2.24) is 14.8 Å².